The number of nitrogens with one attached hydrogen (secondary N) is 1. The van der Waals surface area contributed by atoms with Crippen LogP contribution in [0.1, 0.15) is 47.6 Å². The molecule has 0 radical (unpaired) electrons. The summed E-state index contributed by atoms with van der Waals surface area (Å²) in [6, 6.07) is 14.5. The first kappa shape index (κ1) is 27.7. The Hall–Kier alpha value is -3.86. The van der Waals surface area contributed by atoms with Crippen LogP contribution in [0.3, 0.4) is 0 Å². The zero-order valence-electron chi connectivity index (χ0n) is 22.2. The third-order valence-corrected chi connectivity index (χ3v) is 8.07. The van der Waals surface area contributed by atoms with Crippen LogP contribution in [-0.4, -0.2) is 49.4 Å². The van der Waals surface area contributed by atoms with Crippen LogP contribution in [0.25, 0.3) is 11.3 Å². The molecule has 0 spiro atoms. The highest BCUT2D eigenvalue weighted by molar-refractivity contribution is 9.10. The molecule has 1 saturated heterocycles. The Morgan fingerprint density at radius 3 is 2.50 bits per heavy atom. The summed E-state index contributed by atoms with van der Waals surface area (Å²) in [4.78, 5) is 27.8. The molecule has 0 bridgehead atoms. The van der Waals surface area contributed by atoms with E-state index >= 15 is 0 Å². The number of likely N-dealkylation sites (tertiary alicyclic amines) is 1. The van der Waals surface area contributed by atoms with E-state index in [1.807, 2.05) is 24.6 Å². The molecule has 5 rings (SSSR count). The summed E-state index contributed by atoms with van der Waals surface area (Å²) in [6.07, 6.45) is 2.90. The van der Waals surface area contributed by atoms with E-state index in [2.05, 4.69) is 31.6 Å². The standard InChI is InChI=1S/C29H29BrF2N6O2/c1-18(21-5-8-25(32)24(30)15-21)38-17-23(34-35-38)16-33-28(39)20-11-13-37(14-12-20)29(40)27-10-9-26(36(27)2)19-3-6-22(31)7-4-19/h3-10,15,17-18,20H,11-14,16H2,1-2H3,(H,33,39)/t18-/m0/s1. The predicted molar refractivity (Wildman–Crippen MR) is 149 cm³/mol. The van der Waals surface area contributed by atoms with Gasteiger partial charge < -0.3 is 14.8 Å². The van der Waals surface area contributed by atoms with Gasteiger partial charge in [-0.3, -0.25) is 9.59 Å². The number of amides is 2. The number of rotatable bonds is 7. The van der Waals surface area contributed by atoms with Gasteiger partial charge in [0, 0.05) is 31.7 Å². The Balaban J connectivity index is 1.12. The average molecular weight is 611 g/mol. The Bertz CT molecular complexity index is 1530. The van der Waals surface area contributed by atoms with Crippen molar-refractivity contribution in [2.24, 2.45) is 13.0 Å². The van der Waals surface area contributed by atoms with Crippen molar-refractivity contribution in [1.82, 2.24) is 29.8 Å². The van der Waals surface area contributed by atoms with Gasteiger partial charge in [0.15, 0.2) is 0 Å². The first-order valence-electron chi connectivity index (χ1n) is 13.1. The van der Waals surface area contributed by atoms with Gasteiger partial charge in [-0.05, 0) is 95.4 Å². The SMILES string of the molecule is C[C@@H](c1ccc(F)c(Br)c1)n1cc(CNC(=O)C2CCN(C(=O)c3ccc(-c4ccc(F)cc4)n3C)CC2)nn1. The molecule has 40 heavy (non-hydrogen) atoms. The molecule has 1 N–H and O–H groups in total. The number of hydrogen-bond donors (Lipinski definition) is 1. The molecule has 208 valence electrons. The molecule has 1 aliphatic heterocycles. The van der Waals surface area contributed by atoms with Crippen LogP contribution in [0.5, 0.6) is 0 Å². The quantitative estimate of drug-likeness (QED) is 0.315. The fourth-order valence-electron chi connectivity index (χ4n) is 4.97. The molecule has 1 fully saturated rings. The van der Waals surface area contributed by atoms with Crippen molar-refractivity contribution in [2.75, 3.05) is 13.1 Å². The first-order valence-corrected chi connectivity index (χ1v) is 13.8. The summed E-state index contributed by atoms with van der Waals surface area (Å²) >= 11 is 3.21. The summed E-state index contributed by atoms with van der Waals surface area (Å²) in [5, 5.41) is 11.3. The van der Waals surface area contributed by atoms with Gasteiger partial charge in [-0.1, -0.05) is 11.3 Å². The summed E-state index contributed by atoms with van der Waals surface area (Å²) in [7, 11) is 1.82. The number of carbonyl (C=O) groups excluding carboxylic acids is 2. The van der Waals surface area contributed by atoms with Crippen molar-refractivity contribution in [2.45, 2.75) is 32.4 Å². The monoisotopic (exact) mass is 610 g/mol. The summed E-state index contributed by atoms with van der Waals surface area (Å²) < 4.78 is 30.7. The summed E-state index contributed by atoms with van der Waals surface area (Å²) in [5.74, 6) is -0.998. The minimum absolute atomic E-state index is 0.0744. The fourth-order valence-corrected chi connectivity index (χ4v) is 5.37. The van der Waals surface area contributed by atoms with E-state index in [1.165, 1.54) is 18.2 Å². The smallest absolute Gasteiger partial charge is 0.270 e. The number of carbonyl (C=O) groups is 2. The van der Waals surface area contributed by atoms with Gasteiger partial charge in [-0.25, -0.2) is 13.5 Å². The number of aromatic nitrogens is 4. The number of hydrogen-bond acceptors (Lipinski definition) is 4. The molecular weight excluding hydrogens is 582 g/mol. The molecule has 8 nitrogen and oxygen atoms in total. The van der Waals surface area contributed by atoms with E-state index in [1.54, 1.807) is 46.1 Å². The minimum atomic E-state index is -0.330. The third-order valence-electron chi connectivity index (χ3n) is 7.46. The lowest BCUT2D eigenvalue weighted by Gasteiger charge is -2.31. The molecule has 2 amide bonds. The molecule has 1 atom stereocenters. The number of piperidine rings is 1. The van der Waals surface area contributed by atoms with Crippen molar-refractivity contribution >= 4 is 27.7 Å². The highest BCUT2D eigenvalue weighted by atomic mass is 79.9. The molecule has 2 aromatic carbocycles. The first-order chi connectivity index (χ1) is 19.2. The van der Waals surface area contributed by atoms with Crippen LogP contribution in [0.15, 0.2) is 65.3 Å². The van der Waals surface area contributed by atoms with Crippen molar-refractivity contribution in [3.8, 4) is 11.3 Å². The topological polar surface area (TPSA) is 85.0 Å². The molecule has 3 heterocycles. The fraction of sp³-hybridized carbons (Fsp3) is 0.310. The zero-order chi connectivity index (χ0) is 28.4. The maximum Gasteiger partial charge on any atom is 0.270 e. The Labute approximate surface area is 239 Å². The van der Waals surface area contributed by atoms with E-state index in [0.29, 0.717) is 41.8 Å². The highest BCUT2D eigenvalue weighted by Gasteiger charge is 2.29. The van der Waals surface area contributed by atoms with E-state index in [0.717, 1.165) is 16.8 Å². The number of halogens is 3. The lowest BCUT2D eigenvalue weighted by atomic mass is 9.95. The van der Waals surface area contributed by atoms with Crippen LogP contribution in [0.4, 0.5) is 8.78 Å². The van der Waals surface area contributed by atoms with Gasteiger partial charge in [0.2, 0.25) is 5.91 Å². The third kappa shape index (κ3) is 5.84. The largest absolute Gasteiger partial charge is 0.350 e. The Kier molecular flexibility index (Phi) is 8.11. The van der Waals surface area contributed by atoms with E-state index < -0.39 is 0 Å². The second-order valence-corrected chi connectivity index (χ2v) is 10.8. The van der Waals surface area contributed by atoms with Crippen LogP contribution < -0.4 is 5.32 Å². The average Bonchev–Trinajstić information content (AvgIpc) is 3.60. The maximum absolute atomic E-state index is 13.6. The van der Waals surface area contributed by atoms with Gasteiger partial charge in [-0.2, -0.15) is 0 Å². The predicted octanol–water partition coefficient (Wildman–Crippen LogP) is 5.10. The van der Waals surface area contributed by atoms with Crippen molar-refractivity contribution in [1.29, 1.82) is 0 Å². The zero-order valence-corrected chi connectivity index (χ0v) is 23.7. The van der Waals surface area contributed by atoms with Crippen LogP contribution in [-0.2, 0) is 18.4 Å². The summed E-state index contributed by atoms with van der Waals surface area (Å²) in [6.45, 7) is 3.14. The molecule has 0 saturated carbocycles. The number of benzene rings is 2. The molecule has 11 heteroatoms. The molecule has 2 aromatic heterocycles. The van der Waals surface area contributed by atoms with Crippen LogP contribution in [0.2, 0.25) is 0 Å². The normalized spacial score (nSPS) is 14.8. The number of nitrogens with zero attached hydrogens (tertiary/aromatic N) is 5. The second kappa shape index (κ2) is 11.7. The molecule has 4 aromatic rings. The van der Waals surface area contributed by atoms with Gasteiger partial charge >= 0.3 is 0 Å². The lowest BCUT2D eigenvalue weighted by molar-refractivity contribution is -0.126. The van der Waals surface area contributed by atoms with Gasteiger partial charge in [0.05, 0.1) is 23.3 Å². The van der Waals surface area contributed by atoms with E-state index in [4.69, 9.17) is 0 Å². The van der Waals surface area contributed by atoms with Gasteiger partial charge in [0.25, 0.3) is 5.91 Å². The van der Waals surface area contributed by atoms with Crippen LogP contribution >= 0.6 is 15.9 Å². The molecule has 0 unspecified atom stereocenters. The Morgan fingerprint density at radius 1 is 1.07 bits per heavy atom. The van der Waals surface area contributed by atoms with Crippen molar-refractivity contribution in [3.63, 3.8) is 0 Å². The van der Waals surface area contributed by atoms with Crippen molar-refractivity contribution in [3.05, 3.63) is 93.9 Å². The minimum Gasteiger partial charge on any atom is -0.350 e. The summed E-state index contributed by atoms with van der Waals surface area (Å²) in [5.41, 5.74) is 3.70. The maximum atomic E-state index is 13.6. The van der Waals surface area contributed by atoms with E-state index in [9.17, 15) is 18.4 Å². The van der Waals surface area contributed by atoms with Gasteiger partial charge in [0.1, 0.15) is 23.0 Å². The van der Waals surface area contributed by atoms with Gasteiger partial charge in [-0.15, -0.1) is 5.10 Å². The molecular formula is C29H29BrF2N6O2. The molecule has 0 aliphatic carbocycles. The van der Waals surface area contributed by atoms with E-state index in [-0.39, 0.29) is 42.0 Å². The highest BCUT2D eigenvalue weighted by Crippen LogP contribution is 2.26. The second-order valence-electron chi connectivity index (χ2n) is 9.99. The van der Waals surface area contributed by atoms with Crippen molar-refractivity contribution < 1.29 is 18.4 Å². The van der Waals surface area contributed by atoms with Crippen LogP contribution in [0, 0.1) is 17.6 Å². The Morgan fingerprint density at radius 2 is 1.80 bits per heavy atom. The lowest BCUT2D eigenvalue weighted by Crippen LogP contribution is -2.43. The molecule has 1 aliphatic rings.